The van der Waals surface area contributed by atoms with Gasteiger partial charge in [0.25, 0.3) is 5.91 Å². The predicted octanol–water partition coefficient (Wildman–Crippen LogP) is 0.397. The number of imidazole rings is 1. The van der Waals surface area contributed by atoms with Crippen LogP contribution in [0.1, 0.15) is 30.3 Å². The van der Waals surface area contributed by atoms with E-state index >= 15 is 0 Å². The van der Waals surface area contributed by atoms with Crippen LogP contribution in [0.15, 0.2) is 12.5 Å². The van der Waals surface area contributed by atoms with Gasteiger partial charge in [0.1, 0.15) is 5.69 Å². The van der Waals surface area contributed by atoms with Crippen LogP contribution in [0.3, 0.4) is 0 Å². The molecule has 1 unspecified atom stereocenters. The maximum absolute atomic E-state index is 11.9. The Bertz CT molecular complexity index is 346. The number of amides is 1. The molecule has 1 atom stereocenters. The number of piperidine rings is 1. The van der Waals surface area contributed by atoms with Crippen molar-refractivity contribution in [1.29, 1.82) is 0 Å². The zero-order chi connectivity index (χ0) is 10.9. The van der Waals surface area contributed by atoms with Crippen LogP contribution in [0.4, 0.5) is 0 Å². The molecule has 0 radical (unpaired) electrons. The van der Waals surface area contributed by atoms with Gasteiger partial charge in [0.2, 0.25) is 0 Å². The molecule has 0 aromatic carbocycles. The fraction of sp³-hybridized carbons (Fsp3) is 0.600. The molecule has 5 heteroatoms. The van der Waals surface area contributed by atoms with Crippen molar-refractivity contribution in [2.24, 2.45) is 0 Å². The number of hydrogen-bond donors (Lipinski definition) is 2. The molecular weight excluding hydrogens is 194 g/mol. The van der Waals surface area contributed by atoms with Crippen LogP contribution in [0.25, 0.3) is 0 Å². The molecule has 1 aliphatic heterocycles. The Morgan fingerprint density at radius 3 is 3.13 bits per heavy atom. The highest BCUT2D eigenvalue weighted by Crippen LogP contribution is 2.21. The number of aromatic amines is 1. The number of hydrogen-bond acceptors (Lipinski definition) is 3. The second-order valence-corrected chi connectivity index (χ2v) is 4.29. The summed E-state index contributed by atoms with van der Waals surface area (Å²) >= 11 is 0. The third-order valence-corrected chi connectivity index (χ3v) is 2.69. The van der Waals surface area contributed by atoms with Crippen LogP contribution in [0.2, 0.25) is 0 Å². The number of likely N-dealkylation sites (tertiary alicyclic amines) is 1. The highest BCUT2D eigenvalue weighted by Gasteiger charge is 2.31. The van der Waals surface area contributed by atoms with Crippen LogP contribution in [0, 0.1) is 0 Å². The molecule has 5 nitrogen and oxygen atoms in total. The van der Waals surface area contributed by atoms with Crippen LogP contribution in [-0.4, -0.2) is 44.6 Å². The second kappa shape index (κ2) is 3.66. The Balaban J connectivity index is 2.08. The molecule has 1 aromatic rings. The van der Waals surface area contributed by atoms with Gasteiger partial charge in [-0.05, 0) is 19.8 Å². The first-order valence-electron chi connectivity index (χ1n) is 5.08. The molecule has 1 saturated heterocycles. The Morgan fingerprint density at radius 1 is 1.73 bits per heavy atom. The first-order chi connectivity index (χ1) is 7.08. The third kappa shape index (κ3) is 2.18. The minimum atomic E-state index is -0.756. The molecule has 0 saturated carbocycles. The average Bonchev–Trinajstić information content (AvgIpc) is 2.67. The number of nitrogens with one attached hydrogen (secondary N) is 1. The average molecular weight is 209 g/mol. The highest BCUT2D eigenvalue weighted by atomic mass is 16.3. The summed E-state index contributed by atoms with van der Waals surface area (Å²) < 4.78 is 0. The maximum Gasteiger partial charge on any atom is 0.272 e. The number of aromatic nitrogens is 2. The normalized spacial score (nSPS) is 26.7. The Morgan fingerprint density at radius 2 is 2.53 bits per heavy atom. The lowest BCUT2D eigenvalue weighted by Crippen LogP contribution is -2.48. The van der Waals surface area contributed by atoms with Gasteiger partial charge in [-0.2, -0.15) is 0 Å². The van der Waals surface area contributed by atoms with Crippen LogP contribution in [0.5, 0.6) is 0 Å². The zero-order valence-electron chi connectivity index (χ0n) is 8.73. The van der Waals surface area contributed by atoms with Crippen molar-refractivity contribution >= 4 is 5.91 Å². The number of aliphatic hydroxyl groups is 1. The largest absolute Gasteiger partial charge is 0.388 e. The number of carbonyl (C=O) groups is 1. The Labute approximate surface area is 88.1 Å². The molecule has 2 heterocycles. The molecule has 0 spiro atoms. The first-order valence-corrected chi connectivity index (χ1v) is 5.08. The van der Waals surface area contributed by atoms with Gasteiger partial charge in [-0.25, -0.2) is 4.98 Å². The third-order valence-electron chi connectivity index (χ3n) is 2.69. The van der Waals surface area contributed by atoms with Gasteiger partial charge in [0.15, 0.2) is 0 Å². The summed E-state index contributed by atoms with van der Waals surface area (Å²) in [7, 11) is 0. The molecule has 15 heavy (non-hydrogen) atoms. The predicted molar refractivity (Wildman–Crippen MR) is 54.3 cm³/mol. The molecule has 2 rings (SSSR count). The SMILES string of the molecule is CC1(O)CCCN(C(=O)c2cnc[nH]2)C1. The van der Waals surface area contributed by atoms with Crippen molar-refractivity contribution in [3.63, 3.8) is 0 Å². The van der Waals surface area contributed by atoms with Gasteiger partial charge in [-0.15, -0.1) is 0 Å². The minimum Gasteiger partial charge on any atom is -0.388 e. The van der Waals surface area contributed by atoms with E-state index in [1.54, 1.807) is 11.8 Å². The molecule has 1 fully saturated rings. The van der Waals surface area contributed by atoms with Gasteiger partial charge in [-0.3, -0.25) is 4.79 Å². The van der Waals surface area contributed by atoms with E-state index in [1.807, 2.05) is 0 Å². The molecule has 1 amide bonds. The number of carbonyl (C=O) groups excluding carboxylic acids is 1. The van der Waals surface area contributed by atoms with E-state index in [4.69, 9.17) is 0 Å². The van der Waals surface area contributed by atoms with Gasteiger partial charge >= 0.3 is 0 Å². The summed E-state index contributed by atoms with van der Waals surface area (Å²) in [6.45, 7) is 2.86. The van der Waals surface area contributed by atoms with E-state index in [1.165, 1.54) is 12.5 Å². The molecule has 0 bridgehead atoms. The number of β-amino-alcohol motifs (C(OH)–C–C–N with tert-alkyl or cyclic N) is 1. The smallest absolute Gasteiger partial charge is 0.272 e. The number of H-pyrrole nitrogens is 1. The Kier molecular flexibility index (Phi) is 2.48. The minimum absolute atomic E-state index is 0.0903. The molecular formula is C10H15N3O2. The standard InChI is InChI=1S/C10H15N3O2/c1-10(15)3-2-4-13(6-10)9(14)8-5-11-7-12-8/h5,7,15H,2-4,6H2,1H3,(H,11,12). The Hall–Kier alpha value is -1.36. The van der Waals surface area contributed by atoms with Crippen molar-refractivity contribution in [2.45, 2.75) is 25.4 Å². The maximum atomic E-state index is 11.9. The lowest BCUT2D eigenvalue weighted by Gasteiger charge is -2.36. The summed E-state index contributed by atoms with van der Waals surface area (Å²) in [5.41, 5.74) is -0.277. The highest BCUT2D eigenvalue weighted by molar-refractivity contribution is 5.92. The topological polar surface area (TPSA) is 69.2 Å². The van der Waals surface area contributed by atoms with Crippen LogP contribution >= 0.6 is 0 Å². The van der Waals surface area contributed by atoms with Crippen molar-refractivity contribution in [1.82, 2.24) is 14.9 Å². The van der Waals surface area contributed by atoms with E-state index in [0.717, 1.165) is 12.8 Å². The molecule has 82 valence electrons. The summed E-state index contributed by atoms with van der Waals surface area (Å²) in [5, 5.41) is 9.87. The van der Waals surface area contributed by atoms with Crippen molar-refractivity contribution < 1.29 is 9.90 Å². The van der Waals surface area contributed by atoms with Crippen LogP contribution in [-0.2, 0) is 0 Å². The van der Waals surface area contributed by atoms with Gasteiger partial charge < -0.3 is 15.0 Å². The lowest BCUT2D eigenvalue weighted by atomic mass is 9.95. The first kappa shape index (κ1) is 10.2. The van der Waals surface area contributed by atoms with Gasteiger partial charge in [0, 0.05) is 13.1 Å². The summed E-state index contributed by atoms with van der Waals surface area (Å²) in [6.07, 6.45) is 4.58. The summed E-state index contributed by atoms with van der Waals surface area (Å²) in [5.74, 6) is -0.0903. The number of nitrogens with zero attached hydrogens (tertiary/aromatic N) is 2. The summed E-state index contributed by atoms with van der Waals surface area (Å²) in [6, 6.07) is 0. The van der Waals surface area contributed by atoms with E-state index in [0.29, 0.717) is 18.8 Å². The molecule has 1 aliphatic rings. The number of rotatable bonds is 1. The zero-order valence-corrected chi connectivity index (χ0v) is 8.73. The lowest BCUT2D eigenvalue weighted by molar-refractivity contribution is -0.0109. The monoisotopic (exact) mass is 209 g/mol. The van der Waals surface area contributed by atoms with Crippen molar-refractivity contribution in [2.75, 3.05) is 13.1 Å². The quantitative estimate of drug-likeness (QED) is 0.703. The molecule has 1 aromatic heterocycles. The van der Waals surface area contributed by atoms with E-state index in [2.05, 4.69) is 9.97 Å². The van der Waals surface area contributed by atoms with Crippen molar-refractivity contribution in [3.8, 4) is 0 Å². The summed E-state index contributed by atoms with van der Waals surface area (Å²) in [4.78, 5) is 20.1. The molecule has 2 N–H and O–H groups in total. The second-order valence-electron chi connectivity index (χ2n) is 4.29. The fourth-order valence-electron chi connectivity index (χ4n) is 1.94. The van der Waals surface area contributed by atoms with Gasteiger partial charge in [-0.1, -0.05) is 0 Å². The van der Waals surface area contributed by atoms with Crippen molar-refractivity contribution in [3.05, 3.63) is 18.2 Å². The molecule has 0 aliphatic carbocycles. The fourth-order valence-corrected chi connectivity index (χ4v) is 1.94. The van der Waals surface area contributed by atoms with E-state index in [9.17, 15) is 9.90 Å². The van der Waals surface area contributed by atoms with E-state index in [-0.39, 0.29) is 5.91 Å². The van der Waals surface area contributed by atoms with E-state index < -0.39 is 5.60 Å². The van der Waals surface area contributed by atoms with Crippen LogP contribution < -0.4 is 0 Å². The van der Waals surface area contributed by atoms with Gasteiger partial charge in [0.05, 0.1) is 18.1 Å².